The van der Waals surface area contributed by atoms with Gasteiger partial charge in [0, 0.05) is 31.1 Å². The number of amides is 1. The topological polar surface area (TPSA) is 84.7 Å². The number of aryl methyl sites for hydroxylation is 2. The quantitative estimate of drug-likeness (QED) is 0.721. The third-order valence-electron chi connectivity index (χ3n) is 4.75. The SMILES string of the molecule is CCc1nc(N[C@@H]2CCC(=O)N[C@H]2c2cnn(CC)c2)c2ccsc2n1. The Hall–Kier alpha value is -2.48. The van der Waals surface area contributed by atoms with Crippen LogP contribution in [0, 0.1) is 0 Å². The van der Waals surface area contributed by atoms with Crippen LogP contribution in [0.2, 0.25) is 0 Å². The molecule has 8 heteroatoms. The molecule has 136 valence electrons. The van der Waals surface area contributed by atoms with Gasteiger partial charge in [-0.05, 0) is 24.8 Å². The normalized spacial score (nSPS) is 20.3. The van der Waals surface area contributed by atoms with Crippen LogP contribution in [0.5, 0.6) is 0 Å². The fraction of sp³-hybridized carbons (Fsp3) is 0.444. The third-order valence-corrected chi connectivity index (χ3v) is 5.55. The zero-order valence-electron chi connectivity index (χ0n) is 14.9. The van der Waals surface area contributed by atoms with E-state index in [0.717, 1.165) is 46.8 Å². The highest BCUT2D eigenvalue weighted by molar-refractivity contribution is 7.16. The molecule has 1 aliphatic heterocycles. The number of piperidine rings is 1. The van der Waals surface area contributed by atoms with E-state index in [1.807, 2.05) is 35.4 Å². The molecule has 1 saturated heterocycles. The largest absolute Gasteiger partial charge is 0.364 e. The van der Waals surface area contributed by atoms with Gasteiger partial charge in [-0.1, -0.05) is 6.92 Å². The Bertz CT molecular complexity index is 933. The number of nitrogens with one attached hydrogen (secondary N) is 2. The molecule has 0 aromatic carbocycles. The number of carbonyl (C=O) groups is 1. The summed E-state index contributed by atoms with van der Waals surface area (Å²) < 4.78 is 1.88. The number of carbonyl (C=O) groups excluding carboxylic acids is 1. The number of aromatic nitrogens is 4. The summed E-state index contributed by atoms with van der Waals surface area (Å²) in [6, 6.07) is 1.99. The first-order chi connectivity index (χ1) is 12.7. The number of nitrogens with zero attached hydrogens (tertiary/aromatic N) is 4. The second-order valence-electron chi connectivity index (χ2n) is 6.45. The highest BCUT2D eigenvalue weighted by Crippen LogP contribution is 2.30. The van der Waals surface area contributed by atoms with Gasteiger partial charge in [0.15, 0.2) is 0 Å². The molecule has 1 amide bonds. The van der Waals surface area contributed by atoms with Crippen molar-refractivity contribution in [3.05, 3.63) is 35.2 Å². The summed E-state index contributed by atoms with van der Waals surface area (Å²) >= 11 is 1.62. The Labute approximate surface area is 155 Å². The lowest BCUT2D eigenvalue weighted by Gasteiger charge is -2.32. The van der Waals surface area contributed by atoms with Crippen LogP contribution in [0.4, 0.5) is 5.82 Å². The van der Waals surface area contributed by atoms with E-state index in [4.69, 9.17) is 4.98 Å². The molecule has 3 aromatic rings. The summed E-state index contributed by atoms with van der Waals surface area (Å²) in [6.45, 7) is 4.91. The van der Waals surface area contributed by atoms with Gasteiger partial charge in [0.25, 0.3) is 0 Å². The van der Waals surface area contributed by atoms with E-state index in [-0.39, 0.29) is 18.0 Å². The van der Waals surface area contributed by atoms with Crippen molar-refractivity contribution in [1.29, 1.82) is 0 Å². The standard InChI is InChI=1S/C18H22N6OS/c1-3-14-21-17(12-7-8-26-18(12)22-14)20-13-5-6-15(25)23-16(13)11-9-19-24(4-2)10-11/h7-10,13,16H,3-6H2,1-2H3,(H,23,25)(H,20,21,22)/t13-,16+/m1/s1. The van der Waals surface area contributed by atoms with Crippen LogP contribution in [0.15, 0.2) is 23.8 Å². The van der Waals surface area contributed by atoms with Crippen LogP contribution in [-0.4, -0.2) is 31.7 Å². The van der Waals surface area contributed by atoms with E-state index in [0.29, 0.717) is 6.42 Å². The lowest BCUT2D eigenvalue weighted by atomic mass is 9.93. The first-order valence-corrected chi connectivity index (χ1v) is 9.88. The first kappa shape index (κ1) is 17.0. The molecule has 3 aromatic heterocycles. The monoisotopic (exact) mass is 370 g/mol. The van der Waals surface area contributed by atoms with Crippen molar-refractivity contribution in [2.75, 3.05) is 5.32 Å². The van der Waals surface area contributed by atoms with Crippen LogP contribution in [-0.2, 0) is 17.8 Å². The van der Waals surface area contributed by atoms with E-state index in [9.17, 15) is 4.79 Å². The lowest BCUT2D eigenvalue weighted by molar-refractivity contribution is -0.123. The van der Waals surface area contributed by atoms with Crippen molar-refractivity contribution < 1.29 is 4.79 Å². The van der Waals surface area contributed by atoms with Crippen LogP contribution >= 0.6 is 11.3 Å². The van der Waals surface area contributed by atoms with Gasteiger partial charge in [-0.25, -0.2) is 9.97 Å². The average Bonchev–Trinajstić information content (AvgIpc) is 3.32. The Kier molecular flexibility index (Phi) is 4.58. The van der Waals surface area contributed by atoms with Gasteiger partial charge in [-0.2, -0.15) is 5.10 Å². The highest BCUT2D eigenvalue weighted by atomic mass is 32.1. The number of rotatable bonds is 5. The van der Waals surface area contributed by atoms with Crippen molar-refractivity contribution >= 4 is 33.3 Å². The average molecular weight is 370 g/mol. The van der Waals surface area contributed by atoms with E-state index in [1.165, 1.54) is 0 Å². The summed E-state index contributed by atoms with van der Waals surface area (Å²) in [5, 5.41) is 14.1. The van der Waals surface area contributed by atoms with Crippen LogP contribution in [0.25, 0.3) is 10.2 Å². The number of thiophene rings is 1. The summed E-state index contributed by atoms with van der Waals surface area (Å²) in [5.74, 6) is 1.76. The summed E-state index contributed by atoms with van der Waals surface area (Å²) in [7, 11) is 0. The molecule has 0 aliphatic carbocycles. The van der Waals surface area contributed by atoms with E-state index < -0.39 is 0 Å². The molecule has 4 rings (SSSR count). The van der Waals surface area contributed by atoms with Gasteiger partial charge in [0.1, 0.15) is 16.5 Å². The van der Waals surface area contributed by atoms with E-state index in [1.54, 1.807) is 11.3 Å². The van der Waals surface area contributed by atoms with Crippen molar-refractivity contribution in [3.63, 3.8) is 0 Å². The summed E-state index contributed by atoms with van der Waals surface area (Å²) in [5.41, 5.74) is 1.02. The van der Waals surface area contributed by atoms with Gasteiger partial charge in [-0.3, -0.25) is 9.48 Å². The van der Waals surface area contributed by atoms with Crippen LogP contribution < -0.4 is 10.6 Å². The maximum Gasteiger partial charge on any atom is 0.220 e. The van der Waals surface area contributed by atoms with Crippen LogP contribution in [0.1, 0.15) is 44.1 Å². The highest BCUT2D eigenvalue weighted by Gasteiger charge is 2.31. The zero-order valence-corrected chi connectivity index (χ0v) is 15.7. The molecule has 0 bridgehead atoms. The van der Waals surface area contributed by atoms with Gasteiger partial charge in [0.05, 0.1) is 23.7 Å². The van der Waals surface area contributed by atoms with Crippen molar-refractivity contribution in [2.45, 2.75) is 51.7 Å². The Morgan fingerprint density at radius 2 is 2.27 bits per heavy atom. The van der Waals surface area contributed by atoms with Gasteiger partial charge >= 0.3 is 0 Å². The Balaban J connectivity index is 1.67. The molecule has 7 nitrogen and oxygen atoms in total. The van der Waals surface area contributed by atoms with Crippen molar-refractivity contribution in [2.24, 2.45) is 0 Å². The van der Waals surface area contributed by atoms with E-state index >= 15 is 0 Å². The smallest absolute Gasteiger partial charge is 0.220 e. The predicted molar refractivity (Wildman–Crippen MR) is 102 cm³/mol. The zero-order chi connectivity index (χ0) is 18.1. The molecule has 2 N–H and O–H groups in total. The molecule has 0 spiro atoms. The second-order valence-corrected chi connectivity index (χ2v) is 7.34. The lowest BCUT2D eigenvalue weighted by Crippen LogP contribution is -2.45. The fourth-order valence-electron chi connectivity index (χ4n) is 3.33. The van der Waals surface area contributed by atoms with Gasteiger partial charge in [-0.15, -0.1) is 11.3 Å². The minimum absolute atomic E-state index is 0.0601. The maximum atomic E-state index is 12.0. The second kappa shape index (κ2) is 7.03. The predicted octanol–water partition coefficient (Wildman–Crippen LogP) is 2.90. The summed E-state index contributed by atoms with van der Waals surface area (Å²) in [4.78, 5) is 22.3. The van der Waals surface area contributed by atoms with Crippen molar-refractivity contribution in [3.8, 4) is 0 Å². The maximum absolute atomic E-state index is 12.0. The minimum atomic E-state index is -0.120. The molecule has 4 heterocycles. The molecule has 0 unspecified atom stereocenters. The fourth-order valence-corrected chi connectivity index (χ4v) is 4.11. The molecule has 0 saturated carbocycles. The summed E-state index contributed by atoms with van der Waals surface area (Å²) in [6.07, 6.45) is 5.89. The third kappa shape index (κ3) is 3.16. The Morgan fingerprint density at radius 1 is 1.38 bits per heavy atom. The number of fused-ring (bicyclic) bond motifs is 1. The molecular weight excluding hydrogens is 348 g/mol. The molecule has 1 aliphatic rings. The first-order valence-electron chi connectivity index (χ1n) is 9.00. The molecular formula is C18H22N6OS. The van der Waals surface area contributed by atoms with Crippen LogP contribution in [0.3, 0.4) is 0 Å². The molecule has 26 heavy (non-hydrogen) atoms. The molecule has 2 atom stereocenters. The molecule has 0 radical (unpaired) electrons. The minimum Gasteiger partial charge on any atom is -0.364 e. The van der Waals surface area contributed by atoms with Crippen molar-refractivity contribution in [1.82, 2.24) is 25.1 Å². The number of anilines is 1. The van der Waals surface area contributed by atoms with Gasteiger partial charge < -0.3 is 10.6 Å². The molecule has 1 fully saturated rings. The number of hydrogen-bond donors (Lipinski definition) is 2. The number of hydrogen-bond acceptors (Lipinski definition) is 6. The van der Waals surface area contributed by atoms with E-state index in [2.05, 4.69) is 27.6 Å². The van der Waals surface area contributed by atoms with Gasteiger partial charge in [0.2, 0.25) is 5.91 Å². The Morgan fingerprint density at radius 3 is 3.04 bits per heavy atom.